The van der Waals surface area contributed by atoms with Crippen LogP contribution in [0.3, 0.4) is 0 Å². The van der Waals surface area contributed by atoms with Crippen molar-refractivity contribution in [3.8, 4) is 51.0 Å². The summed E-state index contributed by atoms with van der Waals surface area (Å²) in [4.78, 5) is 82.1. The van der Waals surface area contributed by atoms with E-state index >= 15 is 0 Å². The molecule has 4 amide bonds. The summed E-state index contributed by atoms with van der Waals surface area (Å²) < 4.78 is 25.4. The van der Waals surface area contributed by atoms with Gasteiger partial charge in [0.1, 0.15) is 70.3 Å². The third kappa shape index (κ3) is 18.6. The van der Waals surface area contributed by atoms with Crippen molar-refractivity contribution in [1.29, 1.82) is 0 Å². The molecule has 0 bridgehead atoms. The number of nitrogen functional groups attached to an aromatic ring is 1. The van der Waals surface area contributed by atoms with Gasteiger partial charge in [-0.2, -0.15) is 0 Å². The molecular formula is C51H64N12O11. The van der Waals surface area contributed by atoms with Crippen LogP contribution in [0.4, 0.5) is 27.0 Å². The van der Waals surface area contributed by atoms with Crippen LogP contribution in [0.5, 0.6) is 17.2 Å². The Labute approximate surface area is 429 Å². The number of methoxy groups -OCH3 is 3. The van der Waals surface area contributed by atoms with Gasteiger partial charge in [-0.3, -0.25) is 15.4 Å². The van der Waals surface area contributed by atoms with Gasteiger partial charge in [-0.15, -0.1) is 0 Å². The second-order valence-corrected chi connectivity index (χ2v) is 16.9. The Balaban J connectivity index is 0.000000277. The van der Waals surface area contributed by atoms with Crippen molar-refractivity contribution < 1.29 is 52.8 Å². The van der Waals surface area contributed by atoms with E-state index in [9.17, 15) is 24.0 Å². The van der Waals surface area contributed by atoms with Crippen molar-refractivity contribution >= 4 is 47.4 Å². The van der Waals surface area contributed by atoms with E-state index in [-0.39, 0.29) is 24.2 Å². The number of nitrogens with two attached hydrogens (primary N) is 2. The summed E-state index contributed by atoms with van der Waals surface area (Å²) in [6.45, 7) is 13.2. The molecule has 6 aromatic rings. The molecular weight excluding hydrogens is 957 g/mol. The lowest BCUT2D eigenvalue weighted by molar-refractivity contribution is -0.149. The van der Waals surface area contributed by atoms with Crippen LogP contribution in [-0.4, -0.2) is 116 Å². The predicted octanol–water partition coefficient (Wildman–Crippen LogP) is 6.77. The number of nitrogens with one attached hydrogen (secondary N) is 4. The average Bonchev–Trinajstić information content (AvgIpc) is 3.36. The van der Waals surface area contributed by atoms with E-state index in [4.69, 9.17) is 35.5 Å². The first-order valence-corrected chi connectivity index (χ1v) is 22.7. The number of amides is 4. The Bertz CT molecular complexity index is 2820. The Morgan fingerprint density at radius 2 is 0.878 bits per heavy atom. The highest BCUT2D eigenvalue weighted by molar-refractivity contribution is 5.94. The third-order valence-electron chi connectivity index (χ3n) is 9.63. The Kier molecular flexibility index (Phi) is 22.6. The molecule has 0 unspecified atom stereocenters. The number of nitrogens with zero attached hydrogens (tertiary/aromatic N) is 6. The molecule has 0 aliphatic rings. The number of urea groups is 2. The summed E-state index contributed by atoms with van der Waals surface area (Å²) in [5, 5.41) is 19.0. The normalized spacial score (nSPS) is 10.6. The molecule has 3 aromatic carbocycles. The van der Waals surface area contributed by atoms with E-state index in [0.29, 0.717) is 35.3 Å². The summed E-state index contributed by atoms with van der Waals surface area (Å²) >= 11 is 0. The lowest BCUT2D eigenvalue weighted by Crippen LogP contribution is -2.52. The third-order valence-corrected chi connectivity index (χ3v) is 9.63. The van der Waals surface area contributed by atoms with Gasteiger partial charge in [0, 0.05) is 34.9 Å². The molecule has 74 heavy (non-hydrogen) atoms. The number of carboxylic acid groups (broad SMARTS) is 1. The molecule has 9 N–H and O–H groups in total. The molecule has 0 aliphatic heterocycles. The summed E-state index contributed by atoms with van der Waals surface area (Å²) in [6, 6.07) is 26.0. The first-order chi connectivity index (χ1) is 35.0. The van der Waals surface area contributed by atoms with E-state index in [1.54, 1.807) is 87.1 Å². The van der Waals surface area contributed by atoms with E-state index in [2.05, 4.69) is 55.9 Å². The number of carboxylic acids is 1. The number of hydrogen-bond donors (Lipinski definition) is 7. The number of aromatic nitrogens is 6. The quantitative estimate of drug-likeness (QED) is 0.0521. The average molecular weight is 1020 g/mol. The molecule has 0 aliphatic carbocycles. The van der Waals surface area contributed by atoms with Crippen molar-refractivity contribution in [3.05, 3.63) is 110 Å². The number of benzene rings is 3. The van der Waals surface area contributed by atoms with Gasteiger partial charge in [0.05, 0.1) is 51.6 Å². The fraction of sp³-hybridized carbons (Fsp3) is 0.314. The van der Waals surface area contributed by atoms with Crippen LogP contribution in [0.1, 0.15) is 55.4 Å². The number of esters is 2. The Morgan fingerprint density at radius 1 is 0.527 bits per heavy atom. The second-order valence-electron chi connectivity index (χ2n) is 16.9. The first kappa shape index (κ1) is 59.3. The van der Waals surface area contributed by atoms with Gasteiger partial charge in [0.25, 0.3) is 0 Å². The van der Waals surface area contributed by atoms with E-state index in [1.807, 2.05) is 66.7 Å². The fourth-order valence-corrected chi connectivity index (χ4v) is 5.83. The van der Waals surface area contributed by atoms with Crippen molar-refractivity contribution in [2.24, 2.45) is 5.73 Å². The van der Waals surface area contributed by atoms with Crippen LogP contribution in [-0.2, 0) is 23.9 Å². The smallest absolute Gasteiger partial charge is 0.331 e. The zero-order valence-corrected chi connectivity index (χ0v) is 43.2. The van der Waals surface area contributed by atoms with E-state index in [1.165, 1.54) is 32.8 Å². The zero-order valence-electron chi connectivity index (χ0n) is 43.2. The minimum atomic E-state index is -1.40. The minimum Gasteiger partial charge on any atom is -0.496 e. The van der Waals surface area contributed by atoms with Gasteiger partial charge in [-0.05, 0) is 91.8 Å². The summed E-state index contributed by atoms with van der Waals surface area (Å²) in [6.07, 6.45) is 4.09. The van der Waals surface area contributed by atoms with E-state index < -0.39 is 40.6 Å². The number of ether oxygens (including phenoxy) is 5. The molecule has 394 valence electrons. The Hall–Kier alpha value is -8.99. The number of carbonyl (C=O) groups is 5. The first-order valence-electron chi connectivity index (χ1n) is 22.7. The van der Waals surface area contributed by atoms with Crippen LogP contribution in [0.25, 0.3) is 33.8 Å². The number of para-hydroxylation sites is 3. The van der Waals surface area contributed by atoms with Gasteiger partial charge in [0.2, 0.25) is 0 Å². The van der Waals surface area contributed by atoms with E-state index in [0.717, 1.165) is 28.1 Å². The van der Waals surface area contributed by atoms with Gasteiger partial charge in [-0.25, -0.2) is 49.1 Å². The van der Waals surface area contributed by atoms with Crippen LogP contribution < -0.4 is 46.9 Å². The molecule has 6 rings (SSSR count). The topological polar surface area (TPSA) is 329 Å². The number of aliphatic carboxylic acids is 1. The molecule has 3 aromatic heterocycles. The zero-order chi connectivity index (χ0) is 55.1. The molecule has 0 spiro atoms. The number of hydrogen-bond acceptors (Lipinski definition) is 18. The maximum absolute atomic E-state index is 12.2. The number of anilines is 3. The lowest BCUT2D eigenvalue weighted by atomic mass is 10.1. The number of carbonyl (C=O) groups excluding carboxylic acids is 4. The molecule has 0 saturated heterocycles. The standard InChI is InChI=1S/C18H22N4O4.C16H18N4O4.C11H11N3O.C6H13NO2/c1-5-26-16(23)18(2,3)22-17(24)21-15-10-13(19-11-20-15)12-8-6-7-9-14(12)25-4;1-16(2,14(21)22)20-15(23)19-13-8-11(17-9-18-13)10-6-4-5-7-12(10)24-3;1-15-10-5-3-2-4-8(10)9-6-11(12)14-7-13-9;1-4-9-5(8)6(2,3)7/h6-11H,5H2,1-4H3,(H2,19,20,21,22,24);4-9H,1-3H3,(H,21,22)(H2,17,18,19,20,23);2-7H,1H3,(H2,12,13,14);4,7H2,1-3H3. The van der Waals surface area contributed by atoms with Gasteiger partial charge >= 0.3 is 30.0 Å². The predicted molar refractivity (Wildman–Crippen MR) is 278 cm³/mol. The highest BCUT2D eigenvalue weighted by Gasteiger charge is 2.31. The minimum absolute atomic E-state index is 0.236. The van der Waals surface area contributed by atoms with Gasteiger partial charge in [-0.1, -0.05) is 36.4 Å². The largest absolute Gasteiger partial charge is 0.496 e. The maximum atomic E-state index is 12.2. The van der Waals surface area contributed by atoms with Crippen molar-refractivity contribution in [2.45, 2.75) is 72.0 Å². The van der Waals surface area contributed by atoms with Crippen molar-refractivity contribution in [3.63, 3.8) is 0 Å². The van der Waals surface area contributed by atoms with Crippen LogP contribution in [0.2, 0.25) is 0 Å². The molecule has 0 radical (unpaired) electrons. The molecule has 23 heteroatoms. The fourth-order valence-electron chi connectivity index (χ4n) is 5.83. The van der Waals surface area contributed by atoms with Crippen molar-refractivity contribution in [2.75, 3.05) is 50.9 Å². The molecule has 0 atom stereocenters. The monoisotopic (exact) mass is 1020 g/mol. The summed E-state index contributed by atoms with van der Waals surface area (Å²) in [5.41, 5.74) is 11.9. The van der Waals surface area contributed by atoms with Crippen LogP contribution in [0, 0.1) is 0 Å². The Morgan fingerprint density at radius 3 is 1.22 bits per heavy atom. The molecule has 23 nitrogen and oxygen atoms in total. The molecule has 0 saturated carbocycles. The highest BCUT2D eigenvalue weighted by Crippen LogP contribution is 2.31. The maximum Gasteiger partial charge on any atom is 0.331 e. The number of rotatable bonds is 15. The lowest BCUT2D eigenvalue weighted by Gasteiger charge is -2.23. The van der Waals surface area contributed by atoms with Crippen LogP contribution >= 0.6 is 0 Å². The second kappa shape index (κ2) is 28.2. The van der Waals surface area contributed by atoms with Crippen molar-refractivity contribution in [1.82, 2.24) is 40.5 Å². The van der Waals surface area contributed by atoms with Crippen LogP contribution in [0.15, 0.2) is 110 Å². The molecule has 3 heterocycles. The van der Waals surface area contributed by atoms with Gasteiger partial charge < -0.3 is 50.9 Å². The van der Waals surface area contributed by atoms with Gasteiger partial charge in [0.15, 0.2) is 0 Å². The summed E-state index contributed by atoms with van der Waals surface area (Å²) in [5.74, 6) is 1.03. The highest BCUT2D eigenvalue weighted by atomic mass is 16.5. The summed E-state index contributed by atoms with van der Waals surface area (Å²) in [7, 11) is 4.76. The molecule has 0 fully saturated rings. The SMILES string of the molecule is CCOC(=O)C(C)(C)N.CCOC(=O)C(C)(C)NC(=O)Nc1cc(-c2ccccc2OC)ncn1.COc1ccccc1-c1cc(N)ncn1.COc1ccccc1-c1cc(NC(=O)NC(C)(C)C(=O)O)ncn1.